The van der Waals surface area contributed by atoms with Crippen molar-refractivity contribution in [2.24, 2.45) is 0 Å². The maximum absolute atomic E-state index is 5.34. The molecule has 3 aromatic rings. The highest BCUT2D eigenvalue weighted by atomic mass is 16.5. The summed E-state index contributed by atoms with van der Waals surface area (Å²) in [5.74, 6) is 2.90. The van der Waals surface area contributed by atoms with E-state index in [2.05, 4.69) is 15.5 Å². The predicted octanol–water partition coefficient (Wildman–Crippen LogP) is 3.51. The van der Waals surface area contributed by atoms with E-state index in [4.69, 9.17) is 23.5 Å². The van der Waals surface area contributed by atoms with Crippen LogP contribution >= 0.6 is 0 Å². The molecule has 0 atom stereocenters. The van der Waals surface area contributed by atoms with Crippen LogP contribution in [0.3, 0.4) is 0 Å². The highest BCUT2D eigenvalue weighted by molar-refractivity contribution is 5.66. The Labute approximate surface area is 150 Å². The van der Waals surface area contributed by atoms with Crippen LogP contribution in [-0.2, 0) is 0 Å². The molecule has 0 bridgehead atoms. The van der Waals surface area contributed by atoms with E-state index in [9.17, 15) is 0 Å². The van der Waals surface area contributed by atoms with Gasteiger partial charge >= 0.3 is 6.01 Å². The summed E-state index contributed by atoms with van der Waals surface area (Å²) in [5, 5.41) is 7.03. The third kappa shape index (κ3) is 3.49. The second-order valence-corrected chi connectivity index (χ2v) is 5.18. The van der Waals surface area contributed by atoms with Gasteiger partial charge in [-0.1, -0.05) is 5.16 Å². The minimum Gasteiger partial charge on any atom is -0.497 e. The van der Waals surface area contributed by atoms with Crippen LogP contribution in [0.15, 0.2) is 40.9 Å². The zero-order chi connectivity index (χ0) is 18.5. The highest BCUT2D eigenvalue weighted by Crippen LogP contribution is 2.33. The summed E-state index contributed by atoms with van der Waals surface area (Å²) in [7, 11) is 6.31. The number of hydrogen-bond donors (Lipinski definition) is 1. The van der Waals surface area contributed by atoms with Gasteiger partial charge in [0.2, 0.25) is 5.82 Å². The summed E-state index contributed by atoms with van der Waals surface area (Å²) in [6.45, 7) is 0. The number of ether oxygens (including phenoxy) is 4. The van der Waals surface area contributed by atoms with Crippen LogP contribution in [0.25, 0.3) is 11.4 Å². The van der Waals surface area contributed by atoms with Gasteiger partial charge in [0.25, 0.3) is 0 Å². The Bertz CT molecular complexity index is 894. The normalized spacial score (nSPS) is 10.3. The summed E-state index contributed by atoms with van der Waals surface area (Å²) in [6.07, 6.45) is 0. The number of rotatable bonds is 7. The van der Waals surface area contributed by atoms with Gasteiger partial charge in [-0.25, -0.2) is 0 Å². The fraction of sp³-hybridized carbons (Fsp3) is 0.222. The standard InChI is InChI=1S/C18H19N3O5/c1-22-12-6-7-13(15(10-12)24-3)19-18-20-17(21-26-18)11-5-8-14(23-2)16(9-11)25-4/h5-10H,1-4H3,(H,19,20,21). The molecule has 0 saturated heterocycles. The molecule has 0 amide bonds. The molecule has 0 radical (unpaired) electrons. The lowest BCUT2D eigenvalue weighted by atomic mass is 10.2. The van der Waals surface area contributed by atoms with Gasteiger partial charge in [0.1, 0.15) is 11.5 Å². The van der Waals surface area contributed by atoms with Crippen molar-refractivity contribution in [3.63, 3.8) is 0 Å². The minimum absolute atomic E-state index is 0.234. The number of anilines is 2. The highest BCUT2D eigenvalue weighted by Gasteiger charge is 2.14. The molecule has 8 nitrogen and oxygen atoms in total. The largest absolute Gasteiger partial charge is 0.497 e. The van der Waals surface area contributed by atoms with Gasteiger partial charge in [0, 0.05) is 11.6 Å². The van der Waals surface area contributed by atoms with Gasteiger partial charge < -0.3 is 28.8 Å². The Morgan fingerprint density at radius 2 is 1.58 bits per heavy atom. The van der Waals surface area contributed by atoms with Crippen molar-refractivity contribution < 1.29 is 23.5 Å². The lowest BCUT2D eigenvalue weighted by Gasteiger charge is -2.09. The van der Waals surface area contributed by atoms with E-state index in [-0.39, 0.29) is 6.01 Å². The first-order valence-corrected chi connectivity index (χ1v) is 7.73. The zero-order valence-corrected chi connectivity index (χ0v) is 14.9. The molecule has 1 N–H and O–H groups in total. The number of methoxy groups -OCH3 is 4. The molecule has 26 heavy (non-hydrogen) atoms. The zero-order valence-electron chi connectivity index (χ0n) is 14.9. The first-order chi connectivity index (χ1) is 12.7. The number of hydrogen-bond acceptors (Lipinski definition) is 8. The average molecular weight is 357 g/mol. The van der Waals surface area contributed by atoms with Crippen molar-refractivity contribution in [1.29, 1.82) is 0 Å². The maximum atomic E-state index is 5.34. The van der Waals surface area contributed by atoms with Gasteiger partial charge in [0.15, 0.2) is 11.5 Å². The Balaban J connectivity index is 1.85. The van der Waals surface area contributed by atoms with Gasteiger partial charge in [-0.05, 0) is 30.3 Å². The van der Waals surface area contributed by atoms with Crippen LogP contribution < -0.4 is 24.3 Å². The Hall–Kier alpha value is -3.42. The quantitative estimate of drug-likeness (QED) is 0.687. The van der Waals surface area contributed by atoms with E-state index in [0.717, 1.165) is 5.56 Å². The van der Waals surface area contributed by atoms with Gasteiger partial charge in [-0.3, -0.25) is 0 Å². The predicted molar refractivity (Wildman–Crippen MR) is 95.7 cm³/mol. The molecule has 0 aliphatic carbocycles. The number of aromatic nitrogens is 2. The van der Waals surface area contributed by atoms with Crippen LogP contribution in [0, 0.1) is 0 Å². The lowest BCUT2D eigenvalue weighted by molar-refractivity contribution is 0.355. The minimum atomic E-state index is 0.234. The van der Waals surface area contributed by atoms with E-state index in [1.165, 1.54) is 0 Å². The Morgan fingerprint density at radius 3 is 2.27 bits per heavy atom. The first kappa shape index (κ1) is 17.4. The van der Waals surface area contributed by atoms with Crippen LogP contribution in [0.1, 0.15) is 0 Å². The van der Waals surface area contributed by atoms with Gasteiger partial charge in [-0.15, -0.1) is 0 Å². The summed E-state index contributed by atoms with van der Waals surface area (Å²) in [4.78, 5) is 4.35. The number of nitrogens with zero attached hydrogens (tertiary/aromatic N) is 2. The van der Waals surface area contributed by atoms with Crippen LogP contribution in [-0.4, -0.2) is 38.6 Å². The molecule has 0 fully saturated rings. The fourth-order valence-corrected chi connectivity index (χ4v) is 2.38. The van der Waals surface area contributed by atoms with E-state index in [0.29, 0.717) is 34.5 Å². The molecule has 1 aromatic heterocycles. The molecule has 1 heterocycles. The van der Waals surface area contributed by atoms with Crippen molar-refractivity contribution in [3.8, 4) is 34.4 Å². The van der Waals surface area contributed by atoms with Crippen LogP contribution in [0.5, 0.6) is 23.0 Å². The molecule has 0 unspecified atom stereocenters. The molecular weight excluding hydrogens is 338 g/mol. The third-order valence-electron chi connectivity index (χ3n) is 3.72. The fourth-order valence-electron chi connectivity index (χ4n) is 2.38. The molecule has 0 aliphatic heterocycles. The van der Waals surface area contributed by atoms with Crippen LogP contribution in [0.2, 0.25) is 0 Å². The molecule has 136 valence electrons. The van der Waals surface area contributed by atoms with E-state index in [1.807, 2.05) is 6.07 Å². The molecular formula is C18H19N3O5. The first-order valence-electron chi connectivity index (χ1n) is 7.73. The van der Waals surface area contributed by atoms with E-state index < -0.39 is 0 Å². The summed E-state index contributed by atoms with van der Waals surface area (Å²) in [5.41, 5.74) is 1.41. The summed E-state index contributed by atoms with van der Waals surface area (Å²) in [6, 6.07) is 11.0. The molecule has 3 rings (SSSR count). The van der Waals surface area contributed by atoms with E-state index in [1.54, 1.807) is 58.8 Å². The van der Waals surface area contributed by atoms with Crippen molar-refractivity contribution in [2.45, 2.75) is 0 Å². The Kier molecular flexibility index (Phi) is 5.12. The van der Waals surface area contributed by atoms with Crippen molar-refractivity contribution in [2.75, 3.05) is 33.8 Å². The molecule has 0 saturated carbocycles. The van der Waals surface area contributed by atoms with Gasteiger partial charge in [-0.2, -0.15) is 4.98 Å². The van der Waals surface area contributed by atoms with Crippen molar-refractivity contribution >= 4 is 11.7 Å². The Morgan fingerprint density at radius 1 is 0.808 bits per heavy atom. The maximum Gasteiger partial charge on any atom is 0.326 e. The number of nitrogens with one attached hydrogen (secondary N) is 1. The lowest BCUT2D eigenvalue weighted by Crippen LogP contribution is -1.96. The summed E-state index contributed by atoms with van der Waals surface area (Å²) >= 11 is 0. The SMILES string of the molecule is COc1ccc(Nc2nc(-c3ccc(OC)c(OC)c3)no2)c(OC)c1. The molecule has 2 aromatic carbocycles. The van der Waals surface area contributed by atoms with Gasteiger partial charge in [0.05, 0.1) is 34.1 Å². The topological polar surface area (TPSA) is 87.9 Å². The second-order valence-electron chi connectivity index (χ2n) is 5.18. The summed E-state index contributed by atoms with van der Waals surface area (Å²) < 4.78 is 26.3. The van der Waals surface area contributed by atoms with Crippen molar-refractivity contribution in [3.05, 3.63) is 36.4 Å². The second kappa shape index (κ2) is 7.64. The smallest absolute Gasteiger partial charge is 0.326 e. The van der Waals surface area contributed by atoms with Crippen molar-refractivity contribution in [1.82, 2.24) is 10.1 Å². The molecule has 0 spiro atoms. The van der Waals surface area contributed by atoms with E-state index >= 15 is 0 Å². The number of benzene rings is 2. The average Bonchev–Trinajstić information content (AvgIpc) is 3.16. The van der Waals surface area contributed by atoms with Crippen LogP contribution in [0.4, 0.5) is 11.7 Å². The molecule has 0 aliphatic rings. The third-order valence-corrected chi connectivity index (χ3v) is 3.72. The molecule has 8 heteroatoms. The monoisotopic (exact) mass is 357 g/mol.